The molecule has 1 N–H and O–H groups in total. The zero-order chi connectivity index (χ0) is 22.0. The third kappa shape index (κ3) is 3.11. The molecule has 3 fully saturated rings. The molecule has 0 unspecified atom stereocenters. The molecule has 3 amide bonds. The first-order valence-electron chi connectivity index (χ1n) is 10.4. The van der Waals surface area contributed by atoms with E-state index in [1.54, 1.807) is 24.3 Å². The van der Waals surface area contributed by atoms with Gasteiger partial charge < -0.3 is 5.32 Å². The predicted molar refractivity (Wildman–Crippen MR) is 127 cm³/mol. The van der Waals surface area contributed by atoms with Gasteiger partial charge >= 0.3 is 0 Å². The Bertz CT molecular complexity index is 1070. The second-order valence-electron chi connectivity index (χ2n) is 8.76. The van der Waals surface area contributed by atoms with E-state index in [0.29, 0.717) is 11.3 Å². The first kappa shape index (κ1) is 20.9. The maximum absolute atomic E-state index is 13.2. The summed E-state index contributed by atoms with van der Waals surface area (Å²) in [5.41, 5.74) is 3.91. The quantitative estimate of drug-likeness (QED) is 0.443. The Balaban J connectivity index is 1.36. The second kappa shape index (κ2) is 7.55. The normalized spacial score (nSPS) is 31.3. The molecule has 0 radical (unpaired) electrons. The van der Waals surface area contributed by atoms with Crippen LogP contribution in [0.1, 0.15) is 27.9 Å². The molecule has 2 aliphatic carbocycles. The van der Waals surface area contributed by atoms with Crippen LogP contribution in [0.15, 0.2) is 42.5 Å². The van der Waals surface area contributed by atoms with E-state index < -0.39 is 0 Å². The van der Waals surface area contributed by atoms with Gasteiger partial charge in [-0.2, -0.15) is 0 Å². The third-order valence-corrected chi connectivity index (χ3v) is 10.4. The predicted octanol–water partition coefficient (Wildman–Crippen LogP) is 4.84. The van der Waals surface area contributed by atoms with Gasteiger partial charge in [-0.25, -0.2) is 0 Å². The van der Waals surface area contributed by atoms with Crippen molar-refractivity contribution < 1.29 is 14.4 Å². The molecule has 5 rings (SSSR count). The summed E-state index contributed by atoms with van der Waals surface area (Å²) < 4.78 is 0. The summed E-state index contributed by atoms with van der Waals surface area (Å²) in [4.78, 5) is 40.8. The molecule has 31 heavy (non-hydrogen) atoms. The molecule has 2 aromatic carbocycles. The fourth-order valence-electron chi connectivity index (χ4n) is 5.45. The van der Waals surface area contributed by atoms with Gasteiger partial charge in [-0.05, 0) is 73.6 Å². The SMILES string of the molecule is Cc1cccc(NC(=O)c2ccc(N3C(=O)[C@@H]4[C@H]5C[C@@H]([C@H](Br)[C@H]5Br)[C@H]4C3=O)cc2)c1C. The number of rotatable bonds is 3. The van der Waals surface area contributed by atoms with Gasteiger partial charge in [-0.15, -0.1) is 0 Å². The van der Waals surface area contributed by atoms with Crippen molar-refractivity contribution in [1.29, 1.82) is 0 Å². The molecule has 5 nitrogen and oxygen atoms in total. The summed E-state index contributed by atoms with van der Waals surface area (Å²) in [6, 6.07) is 12.5. The van der Waals surface area contributed by atoms with Crippen molar-refractivity contribution >= 4 is 61.0 Å². The van der Waals surface area contributed by atoms with Gasteiger partial charge in [0.05, 0.1) is 17.5 Å². The highest BCUT2D eigenvalue weighted by Crippen LogP contribution is 2.60. The highest BCUT2D eigenvalue weighted by atomic mass is 79.9. The number of hydrogen-bond donors (Lipinski definition) is 1. The Morgan fingerprint density at radius 1 is 0.935 bits per heavy atom. The third-order valence-electron chi connectivity index (χ3n) is 7.23. The molecule has 6 atom stereocenters. The molecule has 160 valence electrons. The number of benzene rings is 2. The van der Waals surface area contributed by atoms with Gasteiger partial charge in [-0.3, -0.25) is 19.3 Å². The van der Waals surface area contributed by atoms with Crippen LogP contribution in [-0.4, -0.2) is 27.4 Å². The highest BCUT2D eigenvalue weighted by molar-refractivity contribution is 9.12. The highest BCUT2D eigenvalue weighted by Gasteiger charge is 2.66. The summed E-state index contributed by atoms with van der Waals surface area (Å²) in [5, 5.41) is 2.94. The van der Waals surface area contributed by atoms with E-state index in [0.717, 1.165) is 23.2 Å². The smallest absolute Gasteiger partial charge is 0.255 e. The van der Waals surface area contributed by atoms with Crippen LogP contribution >= 0.6 is 31.9 Å². The van der Waals surface area contributed by atoms with E-state index in [-0.39, 0.29) is 51.0 Å². The average molecular weight is 546 g/mol. The van der Waals surface area contributed by atoms with Gasteiger partial charge in [0.2, 0.25) is 11.8 Å². The fraction of sp³-hybridized carbons (Fsp3) is 0.375. The first-order valence-corrected chi connectivity index (χ1v) is 12.3. The Morgan fingerprint density at radius 2 is 1.52 bits per heavy atom. The summed E-state index contributed by atoms with van der Waals surface area (Å²) >= 11 is 7.42. The number of alkyl halides is 2. The number of aryl methyl sites for hydroxylation is 1. The summed E-state index contributed by atoms with van der Waals surface area (Å²) in [7, 11) is 0. The minimum absolute atomic E-state index is 0.112. The summed E-state index contributed by atoms with van der Waals surface area (Å²) in [6.45, 7) is 3.97. The zero-order valence-corrected chi connectivity index (χ0v) is 20.3. The molecule has 2 bridgehead atoms. The maximum atomic E-state index is 13.2. The molecule has 2 aromatic rings. The number of amides is 3. The van der Waals surface area contributed by atoms with Crippen molar-refractivity contribution in [1.82, 2.24) is 0 Å². The lowest BCUT2D eigenvalue weighted by Crippen LogP contribution is -2.37. The standard InChI is InChI=1S/C24H22Br2N2O3/c1-11-4-3-5-17(12(11)2)27-22(29)13-6-8-14(9-7-13)28-23(30)18-15-10-16(19(18)24(28)31)21(26)20(15)25/h3-9,15-16,18-21H,10H2,1-2H3,(H,27,29)/t15-,16-,18-,19-,20+,21+/m1/s1. The van der Waals surface area contributed by atoms with Gasteiger partial charge in [0.1, 0.15) is 0 Å². The van der Waals surface area contributed by atoms with Gasteiger partial charge in [0, 0.05) is 20.9 Å². The molecular formula is C24H22Br2N2O3. The number of anilines is 2. The molecule has 7 heteroatoms. The van der Waals surface area contributed by atoms with E-state index in [9.17, 15) is 14.4 Å². The maximum Gasteiger partial charge on any atom is 0.255 e. The number of fused-ring (bicyclic) bond motifs is 5. The Hall–Kier alpha value is -1.99. The molecule has 0 aromatic heterocycles. The van der Waals surface area contributed by atoms with Crippen LogP contribution in [0.25, 0.3) is 0 Å². The number of nitrogens with one attached hydrogen (secondary N) is 1. The first-order chi connectivity index (χ1) is 14.8. The molecule has 1 aliphatic heterocycles. The largest absolute Gasteiger partial charge is 0.322 e. The van der Waals surface area contributed by atoms with Crippen molar-refractivity contribution in [3.63, 3.8) is 0 Å². The number of nitrogens with zero attached hydrogens (tertiary/aromatic N) is 1. The molecule has 1 saturated heterocycles. The van der Waals surface area contributed by atoms with Crippen LogP contribution in [0.5, 0.6) is 0 Å². The Morgan fingerprint density at radius 3 is 2.10 bits per heavy atom. The van der Waals surface area contributed by atoms with E-state index in [1.807, 2.05) is 32.0 Å². The van der Waals surface area contributed by atoms with Crippen LogP contribution in [0.4, 0.5) is 11.4 Å². The van der Waals surface area contributed by atoms with Crippen LogP contribution in [0.3, 0.4) is 0 Å². The van der Waals surface area contributed by atoms with Gasteiger partial charge in [0.15, 0.2) is 0 Å². The number of halogens is 2. The Kier molecular flexibility index (Phi) is 5.09. The lowest BCUT2D eigenvalue weighted by atomic mass is 9.81. The van der Waals surface area contributed by atoms with Crippen molar-refractivity contribution in [2.24, 2.45) is 23.7 Å². The number of hydrogen-bond acceptors (Lipinski definition) is 3. The average Bonchev–Trinajstić information content (AvgIpc) is 3.36. The number of imide groups is 1. The van der Waals surface area contributed by atoms with Crippen molar-refractivity contribution in [2.75, 3.05) is 10.2 Å². The Labute approximate surface area is 197 Å². The van der Waals surface area contributed by atoms with Crippen molar-refractivity contribution in [3.05, 3.63) is 59.2 Å². The van der Waals surface area contributed by atoms with Crippen LogP contribution in [-0.2, 0) is 9.59 Å². The molecule has 2 saturated carbocycles. The topological polar surface area (TPSA) is 66.5 Å². The molecule has 3 aliphatic rings. The van der Waals surface area contributed by atoms with Gasteiger partial charge in [-0.1, -0.05) is 44.0 Å². The van der Waals surface area contributed by atoms with Gasteiger partial charge in [0.25, 0.3) is 5.91 Å². The van der Waals surface area contributed by atoms with Crippen LogP contribution < -0.4 is 10.2 Å². The summed E-state index contributed by atoms with van der Waals surface area (Å²) in [6.07, 6.45) is 0.907. The molecule has 0 spiro atoms. The minimum atomic E-state index is -0.247. The monoisotopic (exact) mass is 544 g/mol. The van der Waals surface area contributed by atoms with E-state index in [2.05, 4.69) is 37.2 Å². The lowest BCUT2D eigenvalue weighted by molar-refractivity contribution is -0.123. The van der Waals surface area contributed by atoms with Crippen molar-refractivity contribution in [3.8, 4) is 0 Å². The van der Waals surface area contributed by atoms with Crippen LogP contribution in [0.2, 0.25) is 0 Å². The lowest BCUT2D eigenvalue weighted by Gasteiger charge is -2.28. The molecule has 1 heterocycles. The minimum Gasteiger partial charge on any atom is -0.322 e. The summed E-state index contributed by atoms with van der Waals surface area (Å²) in [5.74, 6) is -0.575. The van der Waals surface area contributed by atoms with E-state index in [4.69, 9.17) is 0 Å². The number of carbonyl (C=O) groups excluding carboxylic acids is 3. The van der Waals surface area contributed by atoms with E-state index >= 15 is 0 Å². The fourth-order valence-corrected chi connectivity index (χ4v) is 7.32. The zero-order valence-electron chi connectivity index (χ0n) is 17.1. The number of carbonyl (C=O) groups is 3. The molecular weight excluding hydrogens is 524 g/mol. The van der Waals surface area contributed by atoms with E-state index in [1.165, 1.54) is 4.90 Å². The second-order valence-corrected chi connectivity index (χ2v) is 10.9. The van der Waals surface area contributed by atoms with Crippen molar-refractivity contribution in [2.45, 2.75) is 29.9 Å². The van der Waals surface area contributed by atoms with Crippen LogP contribution in [0, 0.1) is 37.5 Å².